The molecule has 2 N–H and O–H groups in total. The fourth-order valence-electron chi connectivity index (χ4n) is 0.633. The largest absolute Gasteiger partial charge is 0.364 e. The third-order valence-electron chi connectivity index (χ3n) is 1.36. The summed E-state index contributed by atoms with van der Waals surface area (Å²) in [4.78, 5) is 3.52. The first-order valence-electron chi connectivity index (χ1n) is 2.99. The van der Waals surface area contributed by atoms with Gasteiger partial charge >= 0.3 is 0 Å². The molecule has 0 amide bonds. The monoisotopic (exact) mass is 144 g/mol. The molecule has 3 nitrogen and oxygen atoms in total. The highest BCUT2D eigenvalue weighted by Crippen LogP contribution is 2.17. The molecular formula is C6H9FN2O. The van der Waals surface area contributed by atoms with Gasteiger partial charge in [0.25, 0.3) is 0 Å². The van der Waals surface area contributed by atoms with E-state index in [0.717, 1.165) is 0 Å². The lowest BCUT2D eigenvalue weighted by Gasteiger charge is -2.22. The number of alkyl halides is 1. The van der Waals surface area contributed by atoms with E-state index >= 15 is 0 Å². The lowest BCUT2D eigenvalue weighted by atomic mass is 10.1. The van der Waals surface area contributed by atoms with Gasteiger partial charge in [0.2, 0.25) is 5.72 Å². The fourth-order valence-corrected chi connectivity index (χ4v) is 0.633. The SMILES string of the molecule is CC(F)C1(O)C=CNC=N1. The molecule has 10 heavy (non-hydrogen) atoms. The second-order valence-electron chi connectivity index (χ2n) is 2.16. The molecule has 0 spiro atoms. The van der Waals surface area contributed by atoms with Crippen LogP contribution in [0.2, 0.25) is 0 Å². The molecule has 0 aromatic rings. The molecule has 0 saturated heterocycles. The second kappa shape index (κ2) is 2.38. The quantitative estimate of drug-likeness (QED) is 0.551. The lowest BCUT2D eigenvalue weighted by molar-refractivity contribution is 0.0225. The summed E-state index contributed by atoms with van der Waals surface area (Å²) in [6, 6.07) is 0. The van der Waals surface area contributed by atoms with Crippen molar-refractivity contribution < 1.29 is 9.50 Å². The zero-order chi connectivity index (χ0) is 7.61. The van der Waals surface area contributed by atoms with Crippen molar-refractivity contribution in [2.24, 2.45) is 4.99 Å². The van der Waals surface area contributed by atoms with Crippen molar-refractivity contribution in [3.63, 3.8) is 0 Å². The number of nitrogens with one attached hydrogen (secondary N) is 1. The third kappa shape index (κ3) is 1.16. The number of halogens is 1. The number of aliphatic hydroxyl groups is 1. The number of nitrogens with zero attached hydrogens (tertiary/aromatic N) is 1. The molecule has 0 aromatic carbocycles. The Labute approximate surface area is 58.3 Å². The molecule has 0 aromatic heterocycles. The number of rotatable bonds is 1. The normalized spacial score (nSPS) is 33.5. The highest BCUT2D eigenvalue weighted by molar-refractivity contribution is 5.58. The minimum Gasteiger partial charge on any atom is -0.364 e. The van der Waals surface area contributed by atoms with Crippen LogP contribution in [0, 0.1) is 0 Å². The van der Waals surface area contributed by atoms with Crippen molar-refractivity contribution in [3.05, 3.63) is 12.3 Å². The Bertz CT molecular complexity index is 165. The van der Waals surface area contributed by atoms with E-state index in [1.165, 1.54) is 25.5 Å². The van der Waals surface area contributed by atoms with Gasteiger partial charge in [-0.05, 0) is 13.0 Å². The van der Waals surface area contributed by atoms with Gasteiger partial charge in [-0.15, -0.1) is 0 Å². The summed E-state index contributed by atoms with van der Waals surface area (Å²) in [5.41, 5.74) is -1.66. The standard InChI is InChI=1S/C6H9FN2O/c1-5(7)6(10)2-3-8-4-9-6/h2-5,10H,1H3,(H,8,9). The molecule has 4 heteroatoms. The van der Waals surface area contributed by atoms with E-state index in [4.69, 9.17) is 0 Å². The van der Waals surface area contributed by atoms with Crippen LogP contribution in [-0.4, -0.2) is 23.3 Å². The van der Waals surface area contributed by atoms with E-state index in [9.17, 15) is 9.50 Å². The zero-order valence-electron chi connectivity index (χ0n) is 5.58. The van der Waals surface area contributed by atoms with Crippen LogP contribution < -0.4 is 5.32 Å². The predicted octanol–water partition coefficient (Wildman–Crippen LogP) is 0.178. The van der Waals surface area contributed by atoms with Crippen LogP contribution in [0.15, 0.2) is 17.3 Å². The minimum absolute atomic E-state index is 1.26. The molecule has 2 atom stereocenters. The lowest BCUT2D eigenvalue weighted by Crippen LogP contribution is -2.36. The van der Waals surface area contributed by atoms with Gasteiger partial charge in [0.05, 0.1) is 6.34 Å². The highest BCUT2D eigenvalue weighted by atomic mass is 19.1. The number of hydrogen-bond acceptors (Lipinski definition) is 3. The van der Waals surface area contributed by atoms with Gasteiger partial charge in [-0.3, -0.25) is 0 Å². The van der Waals surface area contributed by atoms with Crippen molar-refractivity contribution >= 4 is 6.34 Å². The Balaban J connectivity index is 2.75. The number of aliphatic imine (C=N–C) groups is 1. The molecule has 1 aliphatic rings. The number of hydrogen-bond donors (Lipinski definition) is 2. The van der Waals surface area contributed by atoms with Gasteiger partial charge in [0.15, 0.2) is 6.17 Å². The Morgan fingerprint density at radius 3 is 2.80 bits per heavy atom. The molecular weight excluding hydrogens is 135 g/mol. The van der Waals surface area contributed by atoms with Crippen LogP contribution in [0.1, 0.15) is 6.92 Å². The Morgan fingerprint density at radius 2 is 2.50 bits per heavy atom. The zero-order valence-corrected chi connectivity index (χ0v) is 5.58. The van der Waals surface area contributed by atoms with E-state index in [1.54, 1.807) is 0 Å². The summed E-state index contributed by atoms with van der Waals surface area (Å²) in [5.74, 6) is 0. The Kier molecular flexibility index (Phi) is 1.72. The molecule has 0 bridgehead atoms. The first-order chi connectivity index (χ1) is 4.65. The molecule has 0 fully saturated rings. The average Bonchev–Trinajstić information content (AvgIpc) is 1.89. The molecule has 2 unspecified atom stereocenters. The summed E-state index contributed by atoms with van der Waals surface area (Å²) in [5, 5.41) is 11.8. The maximum atomic E-state index is 12.5. The molecule has 1 aliphatic heterocycles. The first kappa shape index (κ1) is 7.21. The van der Waals surface area contributed by atoms with E-state index in [2.05, 4.69) is 10.3 Å². The van der Waals surface area contributed by atoms with Crippen LogP contribution in [0.25, 0.3) is 0 Å². The van der Waals surface area contributed by atoms with Gasteiger partial charge in [-0.1, -0.05) is 0 Å². The highest BCUT2D eigenvalue weighted by Gasteiger charge is 2.30. The van der Waals surface area contributed by atoms with Gasteiger partial charge in [-0.25, -0.2) is 9.38 Å². The predicted molar refractivity (Wildman–Crippen MR) is 36.3 cm³/mol. The van der Waals surface area contributed by atoms with Crippen LogP contribution in [0.4, 0.5) is 4.39 Å². The fraction of sp³-hybridized carbons (Fsp3) is 0.500. The van der Waals surface area contributed by atoms with Crippen molar-refractivity contribution in [2.45, 2.75) is 18.8 Å². The van der Waals surface area contributed by atoms with Crippen LogP contribution in [0.3, 0.4) is 0 Å². The summed E-state index contributed by atoms with van der Waals surface area (Å²) in [6.07, 6.45) is 2.60. The van der Waals surface area contributed by atoms with Gasteiger partial charge in [-0.2, -0.15) is 0 Å². The Morgan fingerprint density at radius 1 is 1.80 bits per heavy atom. The van der Waals surface area contributed by atoms with Gasteiger partial charge in [0.1, 0.15) is 0 Å². The van der Waals surface area contributed by atoms with Gasteiger partial charge < -0.3 is 10.4 Å². The van der Waals surface area contributed by atoms with E-state index in [-0.39, 0.29) is 0 Å². The molecule has 0 radical (unpaired) electrons. The van der Waals surface area contributed by atoms with Crippen LogP contribution in [-0.2, 0) is 0 Å². The topological polar surface area (TPSA) is 44.6 Å². The maximum Gasteiger partial charge on any atom is 0.209 e. The third-order valence-corrected chi connectivity index (χ3v) is 1.36. The van der Waals surface area contributed by atoms with Crippen molar-refractivity contribution in [1.29, 1.82) is 0 Å². The summed E-state index contributed by atoms with van der Waals surface area (Å²) in [7, 11) is 0. The van der Waals surface area contributed by atoms with Crippen LogP contribution >= 0.6 is 0 Å². The van der Waals surface area contributed by atoms with Gasteiger partial charge in [0, 0.05) is 6.20 Å². The molecule has 0 saturated carbocycles. The van der Waals surface area contributed by atoms with Crippen molar-refractivity contribution in [3.8, 4) is 0 Å². The summed E-state index contributed by atoms with van der Waals surface area (Å²) >= 11 is 0. The second-order valence-corrected chi connectivity index (χ2v) is 2.16. The molecule has 56 valence electrons. The van der Waals surface area contributed by atoms with E-state index < -0.39 is 11.9 Å². The average molecular weight is 144 g/mol. The first-order valence-corrected chi connectivity index (χ1v) is 2.99. The molecule has 0 aliphatic carbocycles. The molecule has 1 rings (SSSR count). The van der Waals surface area contributed by atoms with Crippen molar-refractivity contribution in [2.75, 3.05) is 0 Å². The smallest absolute Gasteiger partial charge is 0.209 e. The van der Waals surface area contributed by atoms with E-state index in [1.807, 2.05) is 0 Å². The Hall–Kier alpha value is -0.900. The molecule has 1 heterocycles. The van der Waals surface area contributed by atoms with Crippen molar-refractivity contribution in [1.82, 2.24) is 5.32 Å². The summed E-state index contributed by atoms with van der Waals surface area (Å²) < 4.78 is 12.5. The van der Waals surface area contributed by atoms with E-state index in [0.29, 0.717) is 0 Å². The van der Waals surface area contributed by atoms with Crippen LogP contribution in [0.5, 0.6) is 0 Å². The minimum atomic E-state index is -1.66. The summed E-state index contributed by atoms with van der Waals surface area (Å²) in [6.45, 7) is 1.26. The maximum absolute atomic E-state index is 12.5.